The topological polar surface area (TPSA) is 122 Å². The molecule has 0 saturated carbocycles. The fraction of sp³-hybridized carbons (Fsp3) is 0.222. The molecule has 0 aliphatic carbocycles. The van der Waals surface area contributed by atoms with Gasteiger partial charge < -0.3 is 9.52 Å². The number of furan rings is 1. The van der Waals surface area contributed by atoms with Crippen LogP contribution in [0.4, 0.5) is 5.13 Å². The van der Waals surface area contributed by atoms with E-state index in [0.717, 1.165) is 23.5 Å². The minimum atomic E-state index is -3.99. The lowest BCUT2D eigenvalue weighted by Crippen LogP contribution is -2.12. The van der Waals surface area contributed by atoms with Crippen molar-refractivity contribution in [3.05, 3.63) is 22.9 Å². The SMILES string of the molecule is CCc1nnc(NS(=O)(=O)c2ccc(C(=O)O)o2)s1. The lowest BCUT2D eigenvalue weighted by Gasteiger charge is -2.00. The van der Waals surface area contributed by atoms with Crippen LogP contribution in [0.3, 0.4) is 0 Å². The Morgan fingerprint density at radius 2 is 2.21 bits per heavy atom. The van der Waals surface area contributed by atoms with Crippen LogP contribution in [-0.4, -0.2) is 29.7 Å². The van der Waals surface area contributed by atoms with E-state index in [1.807, 2.05) is 6.92 Å². The Labute approximate surface area is 112 Å². The maximum absolute atomic E-state index is 11.9. The van der Waals surface area contributed by atoms with Gasteiger partial charge in [-0.05, 0) is 18.6 Å². The first-order valence-corrected chi connectivity index (χ1v) is 7.40. The third-order valence-electron chi connectivity index (χ3n) is 2.05. The van der Waals surface area contributed by atoms with E-state index in [9.17, 15) is 13.2 Å². The molecule has 2 rings (SSSR count). The maximum Gasteiger partial charge on any atom is 0.371 e. The van der Waals surface area contributed by atoms with Gasteiger partial charge in [0.05, 0.1) is 0 Å². The maximum atomic E-state index is 11.9. The molecule has 0 fully saturated rings. The smallest absolute Gasteiger partial charge is 0.371 e. The predicted octanol–water partition coefficient (Wildman–Crippen LogP) is 1.19. The Kier molecular flexibility index (Phi) is 3.53. The van der Waals surface area contributed by atoms with Crippen molar-refractivity contribution in [2.75, 3.05) is 4.72 Å². The number of sulfonamides is 1. The highest BCUT2D eigenvalue weighted by Crippen LogP contribution is 2.21. The minimum Gasteiger partial charge on any atom is -0.475 e. The number of nitrogens with zero attached hydrogens (tertiary/aromatic N) is 2. The summed E-state index contributed by atoms with van der Waals surface area (Å²) in [5, 5.41) is 16.4. The second-order valence-corrected chi connectivity index (χ2v) is 6.06. The average molecular weight is 303 g/mol. The molecule has 0 unspecified atom stereocenters. The second kappa shape index (κ2) is 4.97. The zero-order valence-electron chi connectivity index (χ0n) is 9.65. The van der Waals surface area contributed by atoms with E-state index in [-0.39, 0.29) is 5.13 Å². The van der Waals surface area contributed by atoms with Crippen LogP contribution >= 0.6 is 11.3 Å². The molecule has 102 valence electrons. The minimum absolute atomic E-state index is 0.102. The van der Waals surface area contributed by atoms with Crippen molar-refractivity contribution in [2.24, 2.45) is 0 Å². The molecule has 0 radical (unpaired) electrons. The summed E-state index contributed by atoms with van der Waals surface area (Å²) in [6.45, 7) is 1.87. The van der Waals surface area contributed by atoms with Crippen LogP contribution in [0.25, 0.3) is 0 Å². The van der Waals surface area contributed by atoms with Gasteiger partial charge in [0, 0.05) is 0 Å². The Bertz CT molecular complexity index is 703. The van der Waals surface area contributed by atoms with Gasteiger partial charge in [0.25, 0.3) is 10.0 Å². The van der Waals surface area contributed by atoms with Crippen LogP contribution in [0.1, 0.15) is 22.5 Å². The predicted molar refractivity (Wildman–Crippen MR) is 65.8 cm³/mol. The molecule has 0 atom stereocenters. The van der Waals surface area contributed by atoms with Gasteiger partial charge in [0.15, 0.2) is 0 Å². The molecule has 0 aliphatic heterocycles. The van der Waals surface area contributed by atoms with E-state index in [4.69, 9.17) is 9.52 Å². The molecule has 0 spiro atoms. The fourth-order valence-corrected chi connectivity index (χ4v) is 3.03. The summed E-state index contributed by atoms with van der Waals surface area (Å²) in [7, 11) is -3.99. The number of aromatic carboxylic acids is 1. The van der Waals surface area contributed by atoms with Gasteiger partial charge in [0.2, 0.25) is 16.0 Å². The molecule has 2 N–H and O–H groups in total. The molecule has 19 heavy (non-hydrogen) atoms. The number of hydrogen-bond donors (Lipinski definition) is 2. The molecule has 2 aromatic heterocycles. The highest BCUT2D eigenvalue weighted by atomic mass is 32.2. The van der Waals surface area contributed by atoms with Gasteiger partial charge in [-0.1, -0.05) is 18.3 Å². The third kappa shape index (κ3) is 2.90. The highest BCUT2D eigenvalue weighted by molar-refractivity contribution is 7.92. The van der Waals surface area contributed by atoms with Gasteiger partial charge in [-0.25, -0.2) is 4.79 Å². The van der Waals surface area contributed by atoms with Gasteiger partial charge in [0.1, 0.15) is 5.01 Å². The number of anilines is 1. The van der Waals surface area contributed by atoms with Gasteiger partial charge in [-0.15, -0.1) is 10.2 Å². The van der Waals surface area contributed by atoms with Gasteiger partial charge in [-0.2, -0.15) is 8.42 Å². The van der Waals surface area contributed by atoms with E-state index in [1.165, 1.54) is 0 Å². The van der Waals surface area contributed by atoms with E-state index in [1.54, 1.807) is 0 Å². The summed E-state index contributed by atoms with van der Waals surface area (Å²) >= 11 is 1.10. The monoisotopic (exact) mass is 303 g/mol. The summed E-state index contributed by atoms with van der Waals surface area (Å²) in [4.78, 5) is 10.6. The zero-order chi connectivity index (χ0) is 14.0. The molecule has 0 amide bonds. The number of hydrogen-bond acceptors (Lipinski definition) is 7. The molecule has 10 heteroatoms. The molecule has 0 aromatic carbocycles. The average Bonchev–Trinajstić information content (AvgIpc) is 2.95. The number of aryl methyl sites for hydroxylation is 1. The highest BCUT2D eigenvalue weighted by Gasteiger charge is 2.22. The molecule has 0 aliphatic rings. The first-order valence-electron chi connectivity index (χ1n) is 5.10. The Balaban J connectivity index is 2.24. The largest absolute Gasteiger partial charge is 0.475 e. The van der Waals surface area contributed by atoms with E-state index in [2.05, 4.69) is 14.9 Å². The zero-order valence-corrected chi connectivity index (χ0v) is 11.3. The Hall–Kier alpha value is -1.94. The van der Waals surface area contributed by atoms with Gasteiger partial charge >= 0.3 is 5.97 Å². The van der Waals surface area contributed by atoms with E-state index < -0.39 is 26.8 Å². The van der Waals surface area contributed by atoms with Crippen molar-refractivity contribution in [3.8, 4) is 0 Å². The number of nitrogens with one attached hydrogen (secondary N) is 1. The van der Waals surface area contributed by atoms with Crippen LogP contribution in [0.2, 0.25) is 0 Å². The standard InChI is InChI=1S/C9H9N3O5S2/c1-2-6-10-11-9(18-6)12-19(15,16)7-4-3-5(17-7)8(13)14/h3-4H,2H2,1H3,(H,11,12)(H,13,14). The Morgan fingerprint density at radius 3 is 2.74 bits per heavy atom. The number of rotatable bonds is 5. The summed E-state index contributed by atoms with van der Waals surface area (Å²) in [5.41, 5.74) is 0. The molecule has 8 nitrogen and oxygen atoms in total. The van der Waals surface area contributed by atoms with Crippen molar-refractivity contribution < 1.29 is 22.7 Å². The van der Waals surface area contributed by atoms with Crippen LogP contribution in [0, 0.1) is 0 Å². The van der Waals surface area contributed by atoms with E-state index >= 15 is 0 Å². The number of aromatic nitrogens is 2. The van der Waals surface area contributed by atoms with E-state index in [0.29, 0.717) is 11.4 Å². The number of carboxylic acids is 1. The summed E-state index contributed by atoms with van der Waals surface area (Å²) < 4.78 is 30.6. The van der Waals surface area contributed by atoms with Crippen LogP contribution in [0.5, 0.6) is 0 Å². The lowest BCUT2D eigenvalue weighted by molar-refractivity contribution is 0.0656. The summed E-state index contributed by atoms with van der Waals surface area (Å²) in [6, 6.07) is 2.13. The van der Waals surface area contributed by atoms with Crippen LogP contribution < -0.4 is 4.72 Å². The first kappa shape index (κ1) is 13.5. The molecule has 0 bridgehead atoms. The quantitative estimate of drug-likeness (QED) is 0.850. The van der Waals surface area contributed by atoms with Crippen molar-refractivity contribution in [3.63, 3.8) is 0 Å². The lowest BCUT2D eigenvalue weighted by atomic mass is 10.5. The molecular formula is C9H9N3O5S2. The molecule has 2 aromatic rings. The van der Waals surface area contributed by atoms with Crippen molar-refractivity contribution in [1.29, 1.82) is 0 Å². The molecular weight excluding hydrogens is 294 g/mol. The normalized spacial score (nSPS) is 11.4. The number of carboxylic acid groups (broad SMARTS) is 1. The third-order valence-corrected chi connectivity index (χ3v) is 4.37. The first-order chi connectivity index (χ1) is 8.92. The van der Waals surface area contributed by atoms with Crippen molar-refractivity contribution in [1.82, 2.24) is 10.2 Å². The van der Waals surface area contributed by atoms with Crippen LogP contribution in [0.15, 0.2) is 21.6 Å². The molecule has 2 heterocycles. The molecule has 0 saturated heterocycles. The van der Waals surface area contributed by atoms with Gasteiger partial charge in [-0.3, -0.25) is 4.72 Å². The summed E-state index contributed by atoms with van der Waals surface area (Å²) in [5.74, 6) is -1.79. The van der Waals surface area contributed by atoms with Crippen molar-refractivity contribution >= 4 is 32.5 Å². The van der Waals surface area contributed by atoms with Crippen molar-refractivity contribution in [2.45, 2.75) is 18.4 Å². The second-order valence-electron chi connectivity index (χ2n) is 3.38. The summed E-state index contributed by atoms with van der Waals surface area (Å²) in [6.07, 6.45) is 0.642. The fourth-order valence-electron chi connectivity index (χ4n) is 1.18. The number of carbonyl (C=O) groups is 1. The van der Waals surface area contributed by atoms with Crippen LogP contribution in [-0.2, 0) is 16.4 Å². The Morgan fingerprint density at radius 1 is 1.47 bits per heavy atom.